The van der Waals surface area contributed by atoms with Crippen LogP contribution < -0.4 is 4.90 Å². The minimum atomic E-state index is -0.813. The van der Waals surface area contributed by atoms with Crippen LogP contribution in [0.4, 0.5) is 10.1 Å². The first kappa shape index (κ1) is 14.2. The molecule has 1 atom stereocenters. The highest BCUT2D eigenvalue weighted by atomic mass is 19.1. The number of rotatable bonds is 4. The molecule has 1 saturated heterocycles. The zero-order valence-electron chi connectivity index (χ0n) is 11.2. The van der Waals surface area contributed by atoms with Crippen LogP contribution in [-0.4, -0.2) is 54.4 Å². The maximum atomic E-state index is 13.8. The average molecular weight is 268 g/mol. The van der Waals surface area contributed by atoms with E-state index < -0.39 is 6.10 Å². The first-order valence-electron chi connectivity index (χ1n) is 6.68. The number of benzene rings is 1. The molecule has 5 heteroatoms. The SMILES string of the molecule is C[C@@H](O)c1c(F)cccc1N1CCN(CCO)CC1. The Labute approximate surface area is 113 Å². The van der Waals surface area contributed by atoms with Crippen molar-refractivity contribution in [2.75, 3.05) is 44.2 Å². The number of hydrogen-bond acceptors (Lipinski definition) is 4. The molecular weight excluding hydrogens is 247 g/mol. The molecule has 0 unspecified atom stereocenters. The third-order valence-corrected chi connectivity index (χ3v) is 3.58. The number of anilines is 1. The molecule has 106 valence electrons. The van der Waals surface area contributed by atoms with E-state index in [1.165, 1.54) is 6.07 Å². The van der Waals surface area contributed by atoms with E-state index in [0.717, 1.165) is 31.9 Å². The van der Waals surface area contributed by atoms with Crippen molar-refractivity contribution in [1.29, 1.82) is 0 Å². The van der Waals surface area contributed by atoms with Crippen molar-refractivity contribution in [3.05, 3.63) is 29.6 Å². The number of hydrogen-bond donors (Lipinski definition) is 2. The normalized spacial score (nSPS) is 18.6. The summed E-state index contributed by atoms with van der Waals surface area (Å²) in [5.74, 6) is -0.356. The summed E-state index contributed by atoms with van der Waals surface area (Å²) in [6.45, 7) is 5.68. The Bertz CT molecular complexity index is 418. The molecule has 1 fully saturated rings. The summed E-state index contributed by atoms with van der Waals surface area (Å²) >= 11 is 0. The van der Waals surface area contributed by atoms with Gasteiger partial charge >= 0.3 is 0 Å². The van der Waals surface area contributed by atoms with Crippen molar-refractivity contribution in [3.8, 4) is 0 Å². The fourth-order valence-electron chi connectivity index (χ4n) is 2.57. The molecule has 1 heterocycles. The van der Waals surface area contributed by atoms with Gasteiger partial charge in [-0.3, -0.25) is 4.90 Å². The Balaban J connectivity index is 2.13. The largest absolute Gasteiger partial charge is 0.395 e. The van der Waals surface area contributed by atoms with Crippen LogP contribution in [0.2, 0.25) is 0 Å². The average Bonchev–Trinajstić information content (AvgIpc) is 2.39. The molecule has 1 aromatic carbocycles. The van der Waals surface area contributed by atoms with Gasteiger partial charge in [-0.1, -0.05) is 6.07 Å². The van der Waals surface area contributed by atoms with Crippen LogP contribution >= 0.6 is 0 Å². The topological polar surface area (TPSA) is 46.9 Å². The fraction of sp³-hybridized carbons (Fsp3) is 0.571. The molecule has 1 aliphatic heterocycles. The third kappa shape index (κ3) is 3.23. The molecule has 4 nitrogen and oxygen atoms in total. The van der Waals surface area contributed by atoms with Crippen LogP contribution in [0.1, 0.15) is 18.6 Å². The maximum absolute atomic E-state index is 13.8. The monoisotopic (exact) mass is 268 g/mol. The molecular formula is C14H21FN2O2. The molecule has 0 radical (unpaired) electrons. The number of piperazine rings is 1. The molecule has 0 bridgehead atoms. The van der Waals surface area contributed by atoms with Crippen LogP contribution in [0.5, 0.6) is 0 Å². The molecule has 0 aliphatic carbocycles. The van der Waals surface area contributed by atoms with Crippen molar-refractivity contribution < 1.29 is 14.6 Å². The lowest BCUT2D eigenvalue weighted by Gasteiger charge is -2.37. The predicted molar refractivity (Wildman–Crippen MR) is 72.8 cm³/mol. The summed E-state index contributed by atoms with van der Waals surface area (Å²) < 4.78 is 13.8. The van der Waals surface area contributed by atoms with Crippen molar-refractivity contribution in [2.24, 2.45) is 0 Å². The van der Waals surface area contributed by atoms with Gasteiger partial charge in [0.15, 0.2) is 0 Å². The summed E-state index contributed by atoms with van der Waals surface area (Å²) in [5, 5.41) is 18.7. The van der Waals surface area contributed by atoms with Gasteiger partial charge < -0.3 is 15.1 Å². The second-order valence-corrected chi connectivity index (χ2v) is 4.90. The molecule has 0 spiro atoms. The van der Waals surface area contributed by atoms with Crippen LogP contribution in [0.25, 0.3) is 0 Å². The van der Waals surface area contributed by atoms with Gasteiger partial charge in [-0.25, -0.2) is 4.39 Å². The number of β-amino-alcohol motifs (C(OH)–C–C–N with tert-alkyl or cyclic N) is 1. The van der Waals surface area contributed by atoms with Gasteiger partial charge in [-0.05, 0) is 19.1 Å². The molecule has 0 amide bonds. The second-order valence-electron chi connectivity index (χ2n) is 4.90. The highest BCUT2D eigenvalue weighted by Crippen LogP contribution is 2.29. The highest BCUT2D eigenvalue weighted by Gasteiger charge is 2.22. The number of aliphatic hydroxyl groups excluding tert-OH is 2. The van der Waals surface area contributed by atoms with Crippen LogP contribution in [0.3, 0.4) is 0 Å². The van der Waals surface area contributed by atoms with E-state index in [9.17, 15) is 9.50 Å². The standard InChI is InChI=1S/C14H21FN2O2/c1-11(19)14-12(15)3-2-4-13(14)17-7-5-16(6-8-17)9-10-18/h2-4,11,18-19H,5-10H2,1H3/t11-/m1/s1. The maximum Gasteiger partial charge on any atom is 0.131 e. The number of nitrogens with zero attached hydrogens (tertiary/aromatic N) is 2. The van der Waals surface area contributed by atoms with E-state index >= 15 is 0 Å². The molecule has 2 rings (SSSR count). The van der Waals surface area contributed by atoms with Crippen molar-refractivity contribution >= 4 is 5.69 Å². The van der Waals surface area contributed by atoms with Crippen molar-refractivity contribution in [1.82, 2.24) is 4.90 Å². The Morgan fingerprint density at radius 1 is 1.26 bits per heavy atom. The predicted octanol–water partition coefficient (Wildman–Crippen LogP) is 0.993. The summed E-state index contributed by atoms with van der Waals surface area (Å²) in [6, 6.07) is 4.91. The molecule has 19 heavy (non-hydrogen) atoms. The third-order valence-electron chi connectivity index (χ3n) is 3.58. The lowest BCUT2D eigenvalue weighted by atomic mass is 10.1. The first-order valence-corrected chi connectivity index (χ1v) is 6.68. The van der Waals surface area contributed by atoms with Gasteiger partial charge in [0.1, 0.15) is 5.82 Å². The fourth-order valence-corrected chi connectivity index (χ4v) is 2.57. The van der Waals surface area contributed by atoms with Gasteiger partial charge in [0.05, 0.1) is 12.7 Å². The van der Waals surface area contributed by atoms with Gasteiger partial charge in [0, 0.05) is 44.0 Å². The van der Waals surface area contributed by atoms with Crippen LogP contribution in [0, 0.1) is 5.82 Å². The van der Waals surface area contributed by atoms with Gasteiger partial charge in [-0.15, -0.1) is 0 Å². The first-order chi connectivity index (χ1) is 9.13. The van der Waals surface area contributed by atoms with Gasteiger partial charge in [0.25, 0.3) is 0 Å². The van der Waals surface area contributed by atoms with Crippen LogP contribution in [-0.2, 0) is 0 Å². The zero-order chi connectivity index (χ0) is 13.8. The lowest BCUT2D eigenvalue weighted by molar-refractivity contribution is 0.185. The minimum Gasteiger partial charge on any atom is -0.395 e. The van der Waals surface area contributed by atoms with E-state index in [1.807, 2.05) is 6.07 Å². The lowest BCUT2D eigenvalue weighted by Crippen LogP contribution is -2.47. The van der Waals surface area contributed by atoms with Crippen molar-refractivity contribution in [2.45, 2.75) is 13.0 Å². The molecule has 1 aromatic rings. The number of aliphatic hydroxyl groups is 2. The van der Waals surface area contributed by atoms with Gasteiger partial charge in [-0.2, -0.15) is 0 Å². The van der Waals surface area contributed by atoms with E-state index in [2.05, 4.69) is 9.80 Å². The minimum absolute atomic E-state index is 0.166. The quantitative estimate of drug-likeness (QED) is 0.855. The molecule has 1 aliphatic rings. The van der Waals surface area contributed by atoms with Crippen LogP contribution in [0.15, 0.2) is 18.2 Å². The zero-order valence-corrected chi connectivity index (χ0v) is 11.2. The van der Waals surface area contributed by atoms with E-state index in [0.29, 0.717) is 12.1 Å². The van der Waals surface area contributed by atoms with E-state index in [1.54, 1.807) is 13.0 Å². The molecule has 0 aromatic heterocycles. The smallest absolute Gasteiger partial charge is 0.131 e. The highest BCUT2D eigenvalue weighted by molar-refractivity contribution is 5.55. The summed E-state index contributed by atoms with van der Waals surface area (Å²) in [6.07, 6.45) is -0.813. The Morgan fingerprint density at radius 2 is 1.95 bits per heavy atom. The molecule has 0 saturated carbocycles. The summed E-state index contributed by atoms with van der Waals surface area (Å²) in [4.78, 5) is 4.27. The Hall–Kier alpha value is -1.17. The summed E-state index contributed by atoms with van der Waals surface area (Å²) in [7, 11) is 0. The van der Waals surface area contributed by atoms with E-state index in [4.69, 9.17) is 5.11 Å². The molecule has 2 N–H and O–H groups in total. The second kappa shape index (κ2) is 6.32. The number of halogens is 1. The summed E-state index contributed by atoms with van der Waals surface area (Å²) in [5.41, 5.74) is 1.15. The van der Waals surface area contributed by atoms with Gasteiger partial charge in [0.2, 0.25) is 0 Å². The Kier molecular flexibility index (Phi) is 4.74. The van der Waals surface area contributed by atoms with E-state index in [-0.39, 0.29) is 12.4 Å². The van der Waals surface area contributed by atoms with Crippen molar-refractivity contribution in [3.63, 3.8) is 0 Å². The Morgan fingerprint density at radius 3 is 2.53 bits per heavy atom.